The third-order valence-electron chi connectivity index (χ3n) is 6.13. The monoisotopic (exact) mass is 445 g/mol. The van der Waals surface area contributed by atoms with E-state index in [0.717, 1.165) is 25.1 Å². The molecule has 170 valence electrons. The first kappa shape index (κ1) is 22.0. The molecule has 0 aromatic carbocycles. The molecule has 3 unspecified atom stereocenters. The van der Waals surface area contributed by atoms with Crippen LogP contribution < -0.4 is 15.6 Å². The average Bonchev–Trinajstić information content (AvgIpc) is 2.73. The van der Waals surface area contributed by atoms with Crippen molar-refractivity contribution in [2.24, 2.45) is 17.0 Å². The van der Waals surface area contributed by atoms with Crippen LogP contribution in [0.15, 0.2) is 22.2 Å². The van der Waals surface area contributed by atoms with Gasteiger partial charge in [-0.3, -0.25) is 14.4 Å². The molecule has 2 aromatic rings. The highest BCUT2D eigenvalue weighted by molar-refractivity contribution is 5.97. The lowest BCUT2D eigenvalue weighted by molar-refractivity contribution is -0.128. The van der Waals surface area contributed by atoms with Crippen molar-refractivity contribution in [1.82, 2.24) is 15.3 Å². The summed E-state index contributed by atoms with van der Waals surface area (Å²) >= 11 is 0. The van der Waals surface area contributed by atoms with Crippen molar-refractivity contribution in [3.63, 3.8) is 0 Å². The third-order valence-corrected chi connectivity index (χ3v) is 6.13. The van der Waals surface area contributed by atoms with Crippen molar-refractivity contribution in [1.29, 1.82) is 0 Å². The quantitative estimate of drug-likeness (QED) is 0.670. The Morgan fingerprint density at radius 2 is 2.12 bits per heavy atom. The third kappa shape index (κ3) is 4.12. The number of nitrogens with one attached hydrogen (secondary N) is 2. The molecule has 2 aliphatic heterocycles. The number of nitroso groups, excluding NO2 is 1. The maximum Gasteiger partial charge on any atom is 0.322 e. The standard InChI is InChI=1S/C21H24FN5O5/c1-10-3-4-16(32-9-10)11(2)24-20(29)12-7-27(8-12)19-15(22)5-13-17(28)14(21(30)26-31)6-23-18(13)25-19/h5-6,10-12,16H,3-4,7-9H2,1-2H3,(H,24,29)(H,23,25,28). The summed E-state index contributed by atoms with van der Waals surface area (Å²) in [6, 6.07) is 0.858. The van der Waals surface area contributed by atoms with E-state index in [1.54, 1.807) is 4.90 Å². The van der Waals surface area contributed by atoms with Gasteiger partial charge in [0.2, 0.25) is 11.3 Å². The fraction of sp³-hybridized carbons (Fsp3) is 0.524. The van der Waals surface area contributed by atoms with Crippen molar-refractivity contribution < 1.29 is 18.7 Å². The molecule has 2 aliphatic rings. The number of ether oxygens (including phenoxy) is 1. The van der Waals surface area contributed by atoms with Crippen molar-refractivity contribution >= 4 is 28.7 Å². The van der Waals surface area contributed by atoms with Gasteiger partial charge in [-0.15, -0.1) is 4.91 Å². The van der Waals surface area contributed by atoms with E-state index in [0.29, 0.717) is 12.5 Å². The zero-order valence-corrected chi connectivity index (χ0v) is 17.8. The van der Waals surface area contributed by atoms with Gasteiger partial charge in [0, 0.05) is 31.1 Å². The lowest BCUT2D eigenvalue weighted by Gasteiger charge is -2.40. The number of hydrogen-bond acceptors (Lipinski definition) is 7. The van der Waals surface area contributed by atoms with Crippen molar-refractivity contribution in [3.05, 3.63) is 38.8 Å². The van der Waals surface area contributed by atoms with Crippen LogP contribution in [-0.4, -0.2) is 53.6 Å². The zero-order chi connectivity index (χ0) is 23.0. The molecular weight excluding hydrogens is 421 g/mol. The SMILES string of the molecule is CC1CCC(C(C)NC(=O)C2CN(c3nc4[nH]cc(C(=O)N=O)c(=O)c4cc3F)C2)OC1. The van der Waals surface area contributed by atoms with E-state index >= 15 is 0 Å². The smallest absolute Gasteiger partial charge is 0.322 e. The lowest BCUT2D eigenvalue weighted by atomic mass is 9.95. The van der Waals surface area contributed by atoms with Crippen molar-refractivity contribution in [2.75, 3.05) is 24.6 Å². The molecule has 4 rings (SSSR count). The molecule has 3 atom stereocenters. The second-order valence-corrected chi connectivity index (χ2v) is 8.57. The largest absolute Gasteiger partial charge is 0.376 e. The first-order chi connectivity index (χ1) is 15.3. The van der Waals surface area contributed by atoms with Gasteiger partial charge >= 0.3 is 5.91 Å². The summed E-state index contributed by atoms with van der Waals surface area (Å²) in [6.07, 6.45) is 3.00. The number of pyridine rings is 2. The number of halogens is 1. The molecular formula is C21H24FN5O5. The molecule has 0 spiro atoms. The van der Waals surface area contributed by atoms with E-state index in [9.17, 15) is 23.7 Å². The van der Waals surface area contributed by atoms with E-state index in [2.05, 4.69) is 27.4 Å². The first-order valence-corrected chi connectivity index (χ1v) is 10.5. The summed E-state index contributed by atoms with van der Waals surface area (Å²) in [6.45, 7) is 5.32. The molecule has 11 heteroatoms. The summed E-state index contributed by atoms with van der Waals surface area (Å²) in [5.74, 6) is -1.89. The lowest BCUT2D eigenvalue weighted by Crippen LogP contribution is -2.57. The van der Waals surface area contributed by atoms with Gasteiger partial charge < -0.3 is 19.9 Å². The fourth-order valence-corrected chi connectivity index (χ4v) is 4.09. The van der Waals surface area contributed by atoms with E-state index in [-0.39, 0.29) is 53.9 Å². The number of fused-ring (bicyclic) bond motifs is 1. The Labute approximate surface area is 182 Å². The Hall–Kier alpha value is -3.21. The van der Waals surface area contributed by atoms with Gasteiger partial charge in [0.05, 0.1) is 23.4 Å². The number of carbonyl (C=O) groups is 2. The van der Waals surface area contributed by atoms with Crippen molar-refractivity contribution in [2.45, 2.75) is 38.8 Å². The van der Waals surface area contributed by atoms with Gasteiger partial charge in [-0.2, -0.15) is 0 Å². The molecule has 0 radical (unpaired) electrons. The molecule has 4 heterocycles. The maximum absolute atomic E-state index is 14.7. The predicted octanol–water partition coefficient (Wildman–Crippen LogP) is 1.72. The summed E-state index contributed by atoms with van der Waals surface area (Å²) in [4.78, 5) is 55.1. The number of anilines is 1. The molecule has 2 fully saturated rings. The second kappa shape index (κ2) is 8.73. The minimum absolute atomic E-state index is 0.00226. The molecule has 2 saturated heterocycles. The second-order valence-electron chi connectivity index (χ2n) is 8.57. The summed E-state index contributed by atoms with van der Waals surface area (Å²) in [5.41, 5.74) is -1.23. The highest BCUT2D eigenvalue weighted by Gasteiger charge is 2.36. The Kier molecular flexibility index (Phi) is 6.00. The summed E-state index contributed by atoms with van der Waals surface area (Å²) in [5, 5.41) is 5.05. The number of hydrogen-bond donors (Lipinski definition) is 2. The van der Waals surface area contributed by atoms with Crippen LogP contribution in [0.25, 0.3) is 11.0 Å². The van der Waals surface area contributed by atoms with Gasteiger partial charge in [0.25, 0.3) is 0 Å². The normalized spacial score (nSPS) is 22.3. The average molecular weight is 445 g/mol. The minimum Gasteiger partial charge on any atom is -0.376 e. The molecule has 2 aromatic heterocycles. The van der Waals surface area contributed by atoms with E-state index in [1.165, 1.54) is 0 Å². The number of aromatic nitrogens is 2. The van der Waals surface area contributed by atoms with Gasteiger partial charge in [0.1, 0.15) is 11.2 Å². The molecule has 0 aliphatic carbocycles. The fourth-order valence-electron chi connectivity index (χ4n) is 4.09. The van der Waals surface area contributed by atoms with E-state index in [4.69, 9.17) is 4.74 Å². The molecule has 0 saturated carbocycles. The number of carbonyl (C=O) groups excluding carboxylic acids is 2. The number of rotatable bonds is 5. The van der Waals surface area contributed by atoms with Gasteiger partial charge in [-0.1, -0.05) is 6.92 Å². The van der Waals surface area contributed by atoms with Gasteiger partial charge in [0.15, 0.2) is 11.6 Å². The van der Waals surface area contributed by atoms with Crippen LogP contribution in [0.2, 0.25) is 0 Å². The van der Waals surface area contributed by atoms with Crippen LogP contribution in [0, 0.1) is 22.6 Å². The molecule has 32 heavy (non-hydrogen) atoms. The molecule has 0 bridgehead atoms. The van der Waals surface area contributed by atoms with Crippen LogP contribution >= 0.6 is 0 Å². The Morgan fingerprint density at radius 3 is 2.78 bits per heavy atom. The van der Waals surface area contributed by atoms with E-state index in [1.807, 2.05) is 6.92 Å². The Balaban J connectivity index is 1.41. The topological polar surface area (TPSA) is 134 Å². The van der Waals surface area contributed by atoms with Crippen LogP contribution in [0.3, 0.4) is 0 Å². The highest BCUT2D eigenvalue weighted by Crippen LogP contribution is 2.28. The molecule has 2 N–H and O–H groups in total. The van der Waals surface area contributed by atoms with Gasteiger partial charge in [-0.05, 0) is 31.7 Å². The minimum atomic E-state index is -1.24. The summed E-state index contributed by atoms with van der Waals surface area (Å²) in [7, 11) is 0. The number of aromatic amines is 1. The zero-order valence-electron chi connectivity index (χ0n) is 17.8. The first-order valence-electron chi connectivity index (χ1n) is 10.5. The number of nitrogens with zero attached hydrogens (tertiary/aromatic N) is 3. The number of amides is 2. The maximum atomic E-state index is 14.7. The molecule has 10 nitrogen and oxygen atoms in total. The van der Waals surface area contributed by atoms with Crippen LogP contribution in [0.5, 0.6) is 0 Å². The van der Waals surface area contributed by atoms with Crippen molar-refractivity contribution in [3.8, 4) is 0 Å². The Morgan fingerprint density at radius 1 is 1.38 bits per heavy atom. The predicted molar refractivity (Wildman–Crippen MR) is 114 cm³/mol. The van der Waals surface area contributed by atoms with Crippen LogP contribution in [-0.2, 0) is 9.53 Å². The van der Waals surface area contributed by atoms with E-state index < -0.39 is 22.7 Å². The highest BCUT2D eigenvalue weighted by atomic mass is 19.1. The summed E-state index contributed by atoms with van der Waals surface area (Å²) < 4.78 is 20.5. The Bertz CT molecular complexity index is 1120. The number of H-pyrrole nitrogens is 1. The van der Waals surface area contributed by atoms with Gasteiger partial charge in [-0.25, -0.2) is 9.37 Å². The van der Waals surface area contributed by atoms with Crippen LogP contribution in [0.4, 0.5) is 10.2 Å². The molecule has 2 amide bonds. The van der Waals surface area contributed by atoms with Crippen LogP contribution in [0.1, 0.15) is 37.0 Å².